The number of nitro benzene ring substituents is 1. The zero-order valence-corrected chi connectivity index (χ0v) is 12.5. The van der Waals surface area contributed by atoms with Gasteiger partial charge in [-0.3, -0.25) is 10.1 Å². The van der Waals surface area contributed by atoms with Gasteiger partial charge in [0, 0.05) is 16.6 Å². The number of benzene rings is 2. The Labute approximate surface area is 128 Å². The highest BCUT2D eigenvalue weighted by Crippen LogP contribution is 2.30. The standard InChI is InChI=1S/C14H11BrN2O4/c1-8-2-4-11(15)13(6-8)16-12-5-3-9(17(20)21)7-10(12)14(18)19/h2-7,16H,1H3,(H,18,19). The van der Waals surface area contributed by atoms with Crippen LogP contribution in [0.5, 0.6) is 0 Å². The number of nitrogens with one attached hydrogen (secondary N) is 1. The van der Waals surface area contributed by atoms with Crippen molar-refractivity contribution in [3.8, 4) is 0 Å². The van der Waals surface area contributed by atoms with Gasteiger partial charge in [-0.05, 0) is 46.6 Å². The van der Waals surface area contributed by atoms with Crippen LogP contribution in [0.15, 0.2) is 40.9 Å². The van der Waals surface area contributed by atoms with Gasteiger partial charge in [0.2, 0.25) is 0 Å². The average Bonchev–Trinajstić information content (AvgIpc) is 2.42. The molecule has 6 nitrogen and oxygen atoms in total. The lowest BCUT2D eigenvalue weighted by Crippen LogP contribution is -2.04. The molecule has 2 rings (SSSR count). The minimum Gasteiger partial charge on any atom is -0.478 e. The fraction of sp³-hybridized carbons (Fsp3) is 0.0714. The van der Waals surface area contributed by atoms with Gasteiger partial charge in [0.05, 0.1) is 21.9 Å². The molecule has 0 heterocycles. The second-order valence-electron chi connectivity index (χ2n) is 4.40. The van der Waals surface area contributed by atoms with Crippen LogP contribution < -0.4 is 5.32 Å². The number of aryl methyl sites for hydroxylation is 1. The summed E-state index contributed by atoms with van der Waals surface area (Å²) in [4.78, 5) is 21.4. The third kappa shape index (κ3) is 3.38. The number of nitrogens with zero attached hydrogens (tertiary/aromatic N) is 1. The number of aromatic carboxylic acids is 1. The van der Waals surface area contributed by atoms with Crippen LogP contribution >= 0.6 is 15.9 Å². The minimum atomic E-state index is -1.23. The van der Waals surface area contributed by atoms with Gasteiger partial charge in [0.1, 0.15) is 0 Å². The molecule has 7 heteroatoms. The predicted molar refractivity (Wildman–Crippen MR) is 82.2 cm³/mol. The van der Waals surface area contributed by atoms with Gasteiger partial charge in [-0.15, -0.1) is 0 Å². The monoisotopic (exact) mass is 350 g/mol. The molecule has 0 aromatic heterocycles. The maximum atomic E-state index is 11.3. The predicted octanol–water partition coefficient (Wildman–Crippen LogP) is 4.11. The number of hydrogen-bond donors (Lipinski definition) is 2. The summed E-state index contributed by atoms with van der Waals surface area (Å²) in [5, 5.41) is 22.9. The molecule has 0 amide bonds. The molecule has 0 saturated carbocycles. The van der Waals surface area contributed by atoms with Crippen molar-refractivity contribution in [1.29, 1.82) is 0 Å². The van der Waals surface area contributed by atoms with Crippen molar-refractivity contribution in [3.05, 3.63) is 62.1 Å². The first-order valence-electron chi connectivity index (χ1n) is 5.93. The van der Waals surface area contributed by atoms with E-state index in [0.29, 0.717) is 11.4 Å². The van der Waals surface area contributed by atoms with Crippen LogP contribution in [0, 0.1) is 17.0 Å². The number of carboxylic acids is 1. The average molecular weight is 351 g/mol. The molecule has 0 aliphatic carbocycles. The van der Waals surface area contributed by atoms with E-state index in [-0.39, 0.29) is 11.3 Å². The molecule has 0 aliphatic rings. The first kappa shape index (κ1) is 15.0. The van der Waals surface area contributed by atoms with Crippen molar-refractivity contribution in [2.45, 2.75) is 6.92 Å². The van der Waals surface area contributed by atoms with E-state index in [9.17, 15) is 20.0 Å². The second kappa shape index (κ2) is 5.92. The summed E-state index contributed by atoms with van der Waals surface area (Å²) >= 11 is 3.37. The van der Waals surface area contributed by atoms with Crippen LogP contribution in [0.4, 0.5) is 17.1 Å². The number of non-ortho nitro benzene ring substituents is 1. The molecular formula is C14H11BrN2O4. The maximum Gasteiger partial charge on any atom is 0.338 e. The third-order valence-corrected chi connectivity index (χ3v) is 3.53. The van der Waals surface area contributed by atoms with Crippen molar-refractivity contribution in [2.75, 3.05) is 5.32 Å². The number of hydrogen-bond acceptors (Lipinski definition) is 4. The van der Waals surface area contributed by atoms with E-state index in [4.69, 9.17) is 0 Å². The Kier molecular flexibility index (Phi) is 4.23. The molecule has 0 saturated heterocycles. The second-order valence-corrected chi connectivity index (χ2v) is 5.25. The van der Waals surface area contributed by atoms with Crippen molar-refractivity contribution >= 4 is 39.0 Å². The molecular weight excluding hydrogens is 340 g/mol. The topological polar surface area (TPSA) is 92.5 Å². The van der Waals surface area contributed by atoms with Gasteiger partial charge in [-0.1, -0.05) is 6.07 Å². The van der Waals surface area contributed by atoms with Crippen LogP contribution in [-0.4, -0.2) is 16.0 Å². The van der Waals surface area contributed by atoms with E-state index >= 15 is 0 Å². The summed E-state index contributed by atoms with van der Waals surface area (Å²) in [6.45, 7) is 1.91. The normalized spacial score (nSPS) is 10.2. The number of anilines is 2. The van der Waals surface area contributed by atoms with E-state index in [1.807, 2.05) is 25.1 Å². The molecule has 0 spiro atoms. The molecule has 0 radical (unpaired) electrons. The van der Waals surface area contributed by atoms with E-state index in [1.54, 1.807) is 0 Å². The van der Waals surface area contributed by atoms with Gasteiger partial charge in [0.25, 0.3) is 5.69 Å². The molecule has 0 unspecified atom stereocenters. The van der Waals surface area contributed by atoms with Crippen LogP contribution in [0.25, 0.3) is 0 Å². The third-order valence-electron chi connectivity index (χ3n) is 2.84. The Balaban J connectivity index is 2.46. The molecule has 0 aliphatic heterocycles. The SMILES string of the molecule is Cc1ccc(Br)c(Nc2ccc([N+](=O)[O-])cc2C(=O)O)c1. The van der Waals surface area contributed by atoms with Gasteiger partial charge < -0.3 is 10.4 Å². The Morgan fingerprint density at radius 3 is 2.57 bits per heavy atom. The van der Waals surface area contributed by atoms with Crippen LogP contribution in [0.1, 0.15) is 15.9 Å². The van der Waals surface area contributed by atoms with Crippen LogP contribution in [0.2, 0.25) is 0 Å². The number of rotatable bonds is 4. The first-order chi connectivity index (χ1) is 9.88. The van der Waals surface area contributed by atoms with Crippen LogP contribution in [0.3, 0.4) is 0 Å². The molecule has 2 aromatic rings. The highest BCUT2D eigenvalue weighted by Gasteiger charge is 2.16. The minimum absolute atomic E-state index is 0.155. The number of carbonyl (C=O) groups is 1. The van der Waals surface area contributed by atoms with Crippen molar-refractivity contribution in [1.82, 2.24) is 0 Å². The van der Waals surface area contributed by atoms with E-state index in [1.165, 1.54) is 12.1 Å². The van der Waals surface area contributed by atoms with Crippen LogP contribution in [-0.2, 0) is 0 Å². The summed E-state index contributed by atoms with van der Waals surface area (Å²) in [6.07, 6.45) is 0. The zero-order valence-electron chi connectivity index (χ0n) is 11.0. The maximum absolute atomic E-state index is 11.3. The molecule has 108 valence electrons. The summed E-state index contributed by atoms with van der Waals surface area (Å²) < 4.78 is 0.766. The van der Waals surface area contributed by atoms with E-state index in [0.717, 1.165) is 16.1 Å². The Morgan fingerprint density at radius 2 is 1.95 bits per heavy atom. The quantitative estimate of drug-likeness (QED) is 0.639. The summed E-state index contributed by atoms with van der Waals surface area (Å²) in [6, 6.07) is 9.27. The number of carboxylic acid groups (broad SMARTS) is 1. The molecule has 0 bridgehead atoms. The fourth-order valence-corrected chi connectivity index (χ4v) is 2.16. The van der Waals surface area contributed by atoms with Gasteiger partial charge >= 0.3 is 5.97 Å². The summed E-state index contributed by atoms with van der Waals surface area (Å²) in [7, 11) is 0. The Hall–Kier alpha value is -2.41. The van der Waals surface area contributed by atoms with Gasteiger partial charge in [-0.2, -0.15) is 0 Å². The van der Waals surface area contributed by atoms with Crippen molar-refractivity contribution in [2.24, 2.45) is 0 Å². The lowest BCUT2D eigenvalue weighted by molar-refractivity contribution is -0.384. The zero-order chi connectivity index (χ0) is 15.6. The van der Waals surface area contributed by atoms with Crippen molar-refractivity contribution in [3.63, 3.8) is 0 Å². The van der Waals surface area contributed by atoms with E-state index < -0.39 is 10.9 Å². The molecule has 21 heavy (non-hydrogen) atoms. The smallest absolute Gasteiger partial charge is 0.338 e. The van der Waals surface area contributed by atoms with Gasteiger partial charge in [-0.25, -0.2) is 4.79 Å². The lowest BCUT2D eigenvalue weighted by atomic mass is 10.1. The molecule has 2 N–H and O–H groups in total. The van der Waals surface area contributed by atoms with Gasteiger partial charge in [0.15, 0.2) is 0 Å². The highest BCUT2D eigenvalue weighted by atomic mass is 79.9. The number of nitro groups is 1. The summed E-state index contributed by atoms with van der Waals surface area (Å²) in [5.41, 5.74) is 1.56. The Morgan fingerprint density at radius 1 is 1.24 bits per heavy atom. The number of halogens is 1. The molecule has 0 fully saturated rings. The van der Waals surface area contributed by atoms with Crippen molar-refractivity contribution < 1.29 is 14.8 Å². The first-order valence-corrected chi connectivity index (χ1v) is 6.72. The molecule has 0 atom stereocenters. The van der Waals surface area contributed by atoms with E-state index in [2.05, 4.69) is 21.2 Å². The molecule has 2 aromatic carbocycles. The summed E-state index contributed by atoms with van der Waals surface area (Å²) in [5.74, 6) is -1.23. The lowest BCUT2D eigenvalue weighted by Gasteiger charge is -2.12. The highest BCUT2D eigenvalue weighted by molar-refractivity contribution is 9.10. The Bertz CT molecular complexity index is 731. The fourth-order valence-electron chi connectivity index (χ4n) is 1.81. The largest absolute Gasteiger partial charge is 0.478 e.